The number of H-pyrrole nitrogens is 1. The van der Waals surface area contributed by atoms with Crippen LogP contribution in [0.25, 0.3) is 22.3 Å². The van der Waals surface area contributed by atoms with E-state index < -0.39 is 15.1 Å². The van der Waals surface area contributed by atoms with E-state index in [1.807, 2.05) is 43.2 Å². The van der Waals surface area contributed by atoms with Gasteiger partial charge in [0.15, 0.2) is 0 Å². The van der Waals surface area contributed by atoms with E-state index in [1.165, 1.54) is 6.04 Å². The molecule has 1 saturated heterocycles. The van der Waals surface area contributed by atoms with Crippen LogP contribution in [0.1, 0.15) is 12.8 Å². The quantitative estimate of drug-likeness (QED) is 0.492. The third-order valence-electron chi connectivity index (χ3n) is 6.36. The minimum Gasteiger partial charge on any atom is -0.437 e. The molecule has 3 aromatic rings. The van der Waals surface area contributed by atoms with E-state index in [2.05, 4.69) is 50.8 Å². The van der Waals surface area contributed by atoms with Crippen LogP contribution >= 0.6 is 0 Å². The number of anilines is 1. The molecule has 3 aromatic heterocycles. The van der Waals surface area contributed by atoms with Crippen LogP contribution in [0, 0.1) is 0 Å². The maximum absolute atomic E-state index is 9.94. The summed E-state index contributed by atoms with van der Waals surface area (Å²) in [5, 5.41) is 19.3. The average Bonchev–Trinajstić information content (AvgIpc) is 3.27. The Kier molecular flexibility index (Phi) is 9.24. The van der Waals surface area contributed by atoms with Crippen LogP contribution < -0.4 is 4.90 Å². The Morgan fingerprint density at radius 2 is 2.09 bits per heavy atom. The number of hydrogen-bond acceptors (Lipinski definition) is 7. The molecule has 8 nitrogen and oxygen atoms in total. The Morgan fingerprint density at radius 1 is 1.29 bits per heavy atom. The molecule has 1 aliphatic heterocycles. The maximum atomic E-state index is 9.94. The number of piperidine rings is 1. The molecular formula is C24H39BN6O2Si. The van der Waals surface area contributed by atoms with Crippen molar-refractivity contribution in [1.82, 2.24) is 25.0 Å². The lowest BCUT2D eigenvalue weighted by Crippen LogP contribution is -2.51. The van der Waals surface area contributed by atoms with Crippen molar-refractivity contribution in [2.45, 2.75) is 51.4 Å². The molecular weight excluding hydrogens is 443 g/mol. The van der Waals surface area contributed by atoms with Crippen molar-refractivity contribution in [2.75, 3.05) is 38.8 Å². The zero-order valence-electron chi connectivity index (χ0n) is 21.5. The van der Waals surface area contributed by atoms with Gasteiger partial charge in [-0.25, -0.2) is 4.98 Å². The lowest BCUT2D eigenvalue weighted by Gasteiger charge is -2.39. The first-order chi connectivity index (χ1) is 16.2. The van der Waals surface area contributed by atoms with Crippen molar-refractivity contribution in [1.29, 1.82) is 0 Å². The Bertz CT molecular complexity index is 1030. The van der Waals surface area contributed by atoms with Crippen molar-refractivity contribution in [3.05, 3.63) is 36.8 Å². The van der Waals surface area contributed by atoms with Crippen LogP contribution in [0.3, 0.4) is 0 Å². The van der Waals surface area contributed by atoms with Gasteiger partial charge >= 0.3 is 7.05 Å². The number of aromatic amines is 1. The zero-order valence-corrected chi connectivity index (χ0v) is 22.5. The third-order valence-corrected chi connectivity index (χ3v) is 8.06. The summed E-state index contributed by atoms with van der Waals surface area (Å²) in [6.07, 6.45) is 7.66. The van der Waals surface area contributed by atoms with Gasteiger partial charge in [0, 0.05) is 65.1 Å². The molecule has 0 saturated carbocycles. The largest absolute Gasteiger partial charge is 0.437 e. The van der Waals surface area contributed by atoms with E-state index >= 15 is 0 Å². The predicted octanol–water partition coefficient (Wildman–Crippen LogP) is 4.00. The highest BCUT2D eigenvalue weighted by atomic mass is 28.3. The monoisotopic (exact) mass is 482 g/mol. The van der Waals surface area contributed by atoms with Crippen molar-refractivity contribution < 1.29 is 9.76 Å². The van der Waals surface area contributed by atoms with Crippen LogP contribution in [0.2, 0.25) is 32.5 Å². The third kappa shape index (κ3) is 6.88. The molecule has 0 aromatic carbocycles. The van der Waals surface area contributed by atoms with Gasteiger partial charge in [-0.15, -0.1) is 0 Å². The molecule has 0 unspecified atom stereocenters. The predicted molar refractivity (Wildman–Crippen MR) is 144 cm³/mol. The fraction of sp³-hybridized carbons (Fsp3) is 0.542. The van der Waals surface area contributed by atoms with Crippen LogP contribution in [0.5, 0.6) is 0 Å². The van der Waals surface area contributed by atoms with E-state index in [0.29, 0.717) is 6.04 Å². The molecule has 1 aliphatic rings. The molecule has 1 atom stereocenters. The Hall–Kier alpha value is -2.27. The van der Waals surface area contributed by atoms with Crippen LogP contribution in [-0.4, -0.2) is 85.0 Å². The summed E-state index contributed by atoms with van der Waals surface area (Å²) in [6.45, 7) is 11.7. The number of fused-ring (bicyclic) bond motifs is 1. The first-order valence-corrected chi connectivity index (χ1v) is 15.8. The fourth-order valence-electron chi connectivity index (χ4n) is 4.17. The Balaban J connectivity index is 0.000000350. The van der Waals surface area contributed by atoms with Crippen molar-refractivity contribution in [3.63, 3.8) is 0 Å². The first kappa shape index (κ1) is 26.3. The minimum atomic E-state index is -0.803. The van der Waals surface area contributed by atoms with Crippen LogP contribution in [0.4, 0.5) is 5.69 Å². The number of likely N-dealkylation sites (N-methyl/N-ethyl adjacent to an activating group) is 1. The number of aromatic nitrogens is 4. The normalized spacial score (nSPS) is 16.5. The molecule has 0 spiro atoms. The number of methoxy groups -OCH3 is 1. The molecule has 2 N–H and O–H groups in total. The minimum absolute atomic E-state index is 0.325. The van der Waals surface area contributed by atoms with E-state index in [1.54, 1.807) is 13.3 Å². The molecule has 0 amide bonds. The summed E-state index contributed by atoms with van der Waals surface area (Å²) in [6, 6.07) is 7.54. The zero-order chi connectivity index (χ0) is 24.7. The number of nitrogens with one attached hydrogen (secondary N) is 1. The second-order valence-corrected chi connectivity index (χ2v) is 15.8. The smallest absolute Gasteiger partial charge is 0.376 e. The molecule has 4 rings (SSSR count). The highest BCUT2D eigenvalue weighted by Gasteiger charge is 2.28. The van der Waals surface area contributed by atoms with E-state index in [9.17, 15) is 5.02 Å². The molecule has 34 heavy (non-hydrogen) atoms. The Labute approximate surface area is 204 Å². The number of pyridine rings is 1. The van der Waals surface area contributed by atoms with Gasteiger partial charge in [0.1, 0.15) is 5.65 Å². The van der Waals surface area contributed by atoms with E-state index in [-0.39, 0.29) is 0 Å². The van der Waals surface area contributed by atoms with Gasteiger partial charge < -0.3 is 24.5 Å². The van der Waals surface area contributed by atoms with E-state index in [0.717, 1.165) is 60.5 Å². The van der Waals surface area contributed by atoms with Gasteiger partial charge in [-0.1, -0.05) is 19.6 Å². The lowest BCUT2D eigenvalue weighted by molar-refractivity contribution is 0.214. The van der Waals surface area contributed by atoms with Crippen LogP contribution in [-0.2, 0) is 4.74 Å². The highest BCUT2D eigenvalue weighted by Crippen LogP contribution is 2.35. The summed E-state index contributed by atoms with van der Waals surface area (Å²) in [4.78, 5) is 12.2. The summed E-state index contributed by atoms with van der Waals surface area (Å²) in [5.41, 5.74) is 3.86. The first-order valence-electron chi connectivity index (χ1n) is 12.1. The lowest BCUT2D eigenvalue weighted by atomic mass is 9.82. The number of ether oxygens (including phenoxy) is 1. The molecule has 0 radical (unpaired) electrons. The molecule has 184 valence electrons. The van der Waals surface area contributed by atoms with E-state index in [4.69, 9.17) is 4.74 Å². The highest BCUT2D eigenvalue weighted by molar-refractivity contribution is 6.76. The molecule has 0 bridgehead atoms. The van der Waals surface area contributed by atoms with Crippen molar-refractivity contribution in [2.24, 2.45) is 0 Å². The summed E-state index contributed by atoms with van der Waals surface area (Å²) in [5.74, 6) is 0. The maximum Gasteiger partial charge on any atom is 0.376 e. The topological polar surface area (TPSA) is 90.4 Å². The standard InChI is InChI=1S/C18H23BN6O.C6H16OSi/c1-19(26)24(2)13-5-4-10-25(12-13)16-7-9-20-18-17(16)14(11-21-18)15-6-3-8-22-23-15;1-7-5-6-8(2,3)4/h3,6-9,11,13,26H,4-5,10,12H2,1-2H3,(H,20,21);5-6H2,1-4H3/t13-;/m0./s1. The fourth-order valence-corrected chi connectivity index (χ4v) is 4.99. The number of rotatable bonds is 7. The van der Waals surface area contributed by atoms with Crippen LogP contribution in [0.15, 0.2) is 36.8 Å². The number of nitrogens with zero attached hydrogens (tertiary/aromatic N) is 5. The second kappa shape index (κ2) is 11.9. The summed E-state index contributed by atoms with van der Waals surface area (Å²) in [7, 11) is 2.50. The van der Waals surface area contributed by atoms with Crippen molar-refractivity contribution >= 4 is 31.8 Å². The van der Waals surface area contributed by atoms with Gasteiger partial charge in [-0.2, -0.15) is 10.2 Å². The van der Waals surface area contributed by atoms with Crippen molar-refractivity contribution in [3.8, 4) is 11.3 Å². The van der Waals surface area contributed by atoms with Gasteiger partial charge in [0.2, 0.25) is 0 Å². The molecule has 10 heteroatoms. The Morgan fingerprint density at radius 3 is 2.71 bits per heavy atom. The van der Waals surface area contributed by atoms with Gasteiger partial charge in [0.05, 0.1) is 16.8 Å². The number of hydrogen-bond donors (Lipinski definition) is 2. The molecule has 4 heterocycles. The summed E-state index contributed by atoms with van der Waals surface area (Å²) >= 11 is 0. The molecule has 0 aliphatic carbocycles. The molecule has 1 fully saturated rings. The van der Waals surface area contributed by atoms with Gasteiger partial charge in [-0.3, -0.25) is 0 Å². The average molecular weight is 483 g/mol. The van der Waals surface area contributed by atoms with Gasteiger partial charge in [0.25, 0.3) is 0 Å². The summed E-state index contributed by atoms with van der Waals surface area (Å²) < 4.78 is 4.95. The van der Waals surface area contributed by atoms with Gasteiger partial charge in [-0.05, 0) is 51.0 Å². The SMILES string of the molecule is CB(O)N(C)[C@H]1CCCN(c2ccnc3[nH]cc(-c4cccnn4)c23)C1.COCC[Si](C)(C)C. The second-order valence-electron chi connectivity index (χ2n) is 10.2.